The van der Waals surface area contributed by atoms with Crippen molar-refractivity contribution in [3.05, 3.63) is 23.3 Å². The minimum atomic E-state index is -3.23. The Bertz CT molecular complexity index is 573. The molecule has 94 valence electrons. The highest BCUT2D eigenvalue weighted by atomic mass is 32.2. The van der Waals surface area contributed by atoms with E-state index in [0.29, 0.717) is 11.4 Å². The number of rotatable bonds is 0. The molecule has 0 atom stereocenters. The molecule has 0 saturated heterocycles. The zero-order valence-electron chi connectivity index (χ0n) is 11.0. The van der Waals surface area contributed by atoms with Crippen LogP contribution in [0.4, 0.5) is 5.69 Å². The van der Waals surface area contributed by atoms with E-state index in [9.17, 15) is 8.42 Å². The number of anilines is 1. The van der Waals surface area contributed by atoms with Gasteiger partial charge in [-0.1, -0.05) is 6.07 Å². The fourth-order valence-corrected chi connectivity index (χ4v) is 4.27. The highest BCUT2D eigenvalue weighted by molar-refractivity contribution is 7.93. The van der Waals surface area contributed by atoms with Crippen molar-refractivity contribution in [1.29, 1.82) is 0 Å². The van der Waals surface area contributed by atoms with Gasteiger partial charge in [-0.25, -0.2) is 8.42 Å². The smallest absolute Gasteiger partial charge is 0.187 e. The molecule has 0 fully saturated rings. The van der Waals surface area contributed by atoms with Crippen LogP contribution in [-0.4, -0.2) is 26.8 Å². The lowest BCUT2D eigenvalue weighted by Gasteiger charge is -2.39. The second-order valence-electron chi connectivity index (χ2n) is 5.47. The molecule has 0 unspecified atom stereocenters. The maximum atomic E-state index is 12.5. The van der Waals surface area contributed by atoms with Crippen molar-refractivity contribution in [2.45, 2.75) is 37.3 Å². The number of nitrogens with zero attached hydrogens (tertiary/aromatic N) is 1. The van der Waals surface area contributed by atoms with E-state index < -0.39 is 14.6 Å². The monoisotopic (exact) mass is 253 g/mol. The number of hydrogen-bond acceptors (Lipinski definition) is 3. The number of sulfone groups is 1. The van der Waals surface area contributed by atoms with Gasteiger partial charge >= 0.3 is 0 Å². The Labute approximate surface area is 103 Å². The Hall–Kier alpha value is -1.03. The van der Waals surface area contributed by atoms with Crippen molar-refractivity contribution < 1.29 is 8.42 Å². The summed E-state index contributed by atoms with van der Waals surface area (Å²) in [6, 6.07) is 3.63. The van der Waals surface area contributed by atoms with Gasteiger partial charge in [0.25, 0.3) is 0 Å². The number of benzene rings is 1. The van der Waals surface area contributed by atoms with Gasteiger partial charge in [-0.3, -0.25) is 0 Å². The van der Waals surface area contributed by atoms with Crippen molar-refractivity contribution in [2.75, 3.05) is 18.5 Å². The van der Waals surface area contributed by atoms with E-state index in [0.717, 1.165) is 16.8 Å². The second-order valence-corrected chi connectivity index (χ2v) is 8.03. The summed E-state index contributed by atoms with van der Waals surface area (Å²) in [5.41, 5.74) is 3.05. The van der Waals surface area contributed by atoms with Gasteiger partial charge < -0.3 is 4.90 Å². The van der Waals surface area contributed by atoms with Crippen LogP contribution in [0.1, 0.15) is 25.0 Å². The lowest BCUT2D eigenvalue weighted by Crippen LogP contribution is -2.47. The molecule has 0 amide bonds. The van der Waals surface area contributed by atoms with Crippen molar-refractivity contribution in [2.24, 2.45) is 0 Å². The Morgan fingerprint density at radius 3 is 2.41 bits per heavy atom. The summed E-state index contributed by atoms with van der Waals surface area (Å²) in [5, 5.41) is 0. The van der Waals surface area contributed by atoms with E-state index in [1.165, 1.54) is 0 Å². The molecule has 1 aliphatic heterocycles. The molecular formula is C13H19NO2S. The first kappa shape index (κ1) is 12.4. The summed E-state index contributed by atoms with van der Waals surface area (Å²) in [7, 11) is -1.27. The molecule has 0 saturated carbocycles. The third-order valence-electron chi connectivity index (χ3n) is 3.68. The van der Waals surface area contributed by atoms with E-state index in [1.807, 2.05) is 27.0 Å². The van der Waals surface area contributed by atoms with Crippen molar-refractivity contribution in [1.82, 2.24) is 0 Å². The van der Waals surface area contributed by atoms with Crippen molar-refractivity contribution in [3.63, 3.8) is 0 Å². The first-order valence-electron chi connectivity index (χ1n) is 5.74. The van der Waals surface area contributed by atoms with Crippen molar-refractivity contribution >= 4 is 15.5 Å². The molecule has 0 bridgehead atoms. The first-order valence-corrected chi connectivity index (χ1v) is 7.23. The molecule has 0 aromatic heterocycles. The molecule has 3 nitrogen and oxygen atoms in total. The SMILES string of the molecule is Cc1ccc2c(c1C)N(C)CC(C)(C)S2(=O)=O. The van der Waals surface area contributed by atoms with E-state index >= 15 is 0 Å². The van der Waals surface area contributed by atoms with E-state index in [1.54, 1.807) is 19.9 Å². The summed E-state index contributed by atoms with van der Waals surface area (Å²) in [5.74, 6) is 0. The van der Waals surface area contributed by atoms with Crippen LogP contribution in [0.2, 0.25) is 0 Å². The zero-order valence-corrected chi connectivity index (χ0v) is 11.9. The van der Waals surface area contributed by atoms with E-state index in [4.69, 9.17) is 0 Å². The summed E-state index contributed by atoms with van der Waals surface area (Å²) in [4.78, 5) is 2.53. The van der Waals surface area contributed by atoms with Crippen molar-refractivity contribution in [3.8, 4) is 0 Å². The maximum absolute atomic E-state index is 12.5. The molecule has 4 heteroatoms. The fourth-order valence-electron chi connectivity index (χ4n) is 2.50. The van der Waals surface area contributed by atoms with Gasteiger partial charge in [0.15, 0.2) is 9.84 Å². The molecule has 1 heterocycles. The topological polar surface area (TPSA) is 37.4 Å². The molecule has 1 aromatic rings. The molecule has 1 aromatic carbocycles. The van der Waals surface area contributed by atoms with Crippen LogP contribution in [0.3, 0.4) is 0 Å². The maximum Gasteiger partial charge on any atom is 0.187 e. The largest absolute Gasteiger partial charge is 0.372 e. The molecule has 0 aliphatic carbocycles. The standard InChI is InChI=1S/C13H19NO2S/c1-9-6-7-11-12(10(9)2)14(5)8-13(3,4)17(11,15)16/h6-7H,8H2,1-5H3. The molecule has 0 N–H and O–H groups in total. The Morgan fingerprint density at radius 2 is 1.82 bits per heavy atom. The first-order chi connectivity index (χ1) is 7.68. The molecule has 0 radical (unpaired) electrons. The highest BCUT2D eigenvalue weighted by Crippen LogP contribution is 2.40. The van der Waals surface area contributed by atoms with Crippen LogP contribution in [0.25, 0.3) is 0 Å². The number of fused-ring (bicyclic) bond motifs is 1. The van der Waals surface area contributed by atoms with Gasteiger partial charge in [0.1, 0.15) is 0 Å². The fraction of sp³-hybridized carbons (Fsp3) is 0.538. The predicted molar refractivity (Wildman–Crippen MR) is 70.5 cm³/mol. The molecular weight excluding hydrogens is 234 g/mol. The van der Waals surface area contributed by atoms with Gasteiger partial charge in [-0.05, 0) is 44.9 Å². The summed E-state index contributed by atoms with van der Waals surface area (Å²) in [6.45, 7) is 8.11. The van der Waals surface area contributed by atoms with E-state index in [-0.39, 0.29) is 0 Å². The minimum Gasteiger partial charge on any atom is -0.372 e. The van der Waals surface area contributed by atoms with Crippen LogP contribution in [0, 0.1) is 13.8 Å². The predicted octanol–water partition coefficient (Wildman–Crippen LogP) is 2.31. The molecule has 1 aliphatic rings. The Balaban J connectivity index is 2.83. The van der Waals surface area contributed by atoms with Gasteiger partial charge in [0.2, 0.25) is 0 Å². The lowest BCUT2D eigenvalue weighted by molar-refractivity contribution is 0.534. The van der Waals surface area contributed by atoms with Gasteiger partial charge in [0, 0.05) is 13.6 Å². The Kier molecular flexibility index (Phi) is 2.54. The third kappa shape index (κ3) is 1.58. The second kappa shape index (κ2) is 3.48. The van der Waals surface area contributed by atoms with Gasteiger partial charge in [-0.2, -0.15) is 0 Å². The third-order valence-corrected chi connectivity index (χ3v) is 6.17. The molecule has 0 spiro atoms. The van der Waals surface area contributed by atoms with Gasteiger partial charge in [0.05, 0.1) is 15.3 Å². The van der Waals surface area contributed by atoms with Gasteiger partial charge in [-0.15, -0.1) is 0 Å². The summed E-state index contributed by atoms with van der Waals surface area (Å²) >= 11 is 0. The average molecular weight is 253 g/mol. The summed E-state index contributed by atoms with van der Waals surface area (Å²) in [6.07, 6.45) is 0. The number of aryl methyl sites for hydroxylation is 1. The highest BCUT2D eigenvalue weighted by Gasteiger charge is 2.43. The van der Waals surface area contributed by atoms with Crippen LogP contribution < -0.4 is 4.90 Å². The quantitative estimate of drug-likeness (QED) is 0.712. The Morgan fingerprint density at radius 1 is 1.24 bits per heavy atom. The zero-order chi connectivity index (χ0) is 13.0. The average Bonchev–Trinajstić information content (AvgIpc) is 2.18. The van der Waals surface area contributed by atoms with Crippen LogP contribution in [0.5, 0.6) is 0 Å². The lowest BCUT2D eigenvalue weighted by atomic mass is 10.1. The van der Waals surface area contributed by atoms with Crippen LogP contribution in [0.15, 0.2) is 17.0 Å². The normalized spacial score (nSPS) is 21.1. The molecule has 2 rings (SSSR count). The molecule has 17 heavy (non-hydrogen) atoms. The minimum absolute atomic E-state index is 0.472. The van der Waals surface area contributed by atoms with E-state index in [2.05, 4.69) is 4.90 Å². The van der Waals surface area contributed by atoms with Crippen LogP contribution >= 0.6 is 0 Å². The van der Waals surface area contributed by atoms with Crippen LogP contribution in [-0.2, 0) is 9.84 Å². The summed E-state index contributed by atoms with van der Waals surface area (Å²) < 4.78 is 24.3. The number of hydrogen-bond donors (Lipinski definition) is 0.